The zero-order chi connectivity index (χ0) is 16.5. The number of nitrogens with zero attached hydrogens (tertiary/aromatic N) is 4. The molecule has 0 spiro atoms. The van der Waals surface area contributed by atoms with E-state index < -0.39 is 0 Å². The summed E-state index contributed by atoms with van der Waals surface area (Å²) in [6.45, 7) is 0. The van der Waals surface area contributed by atoms with E-state index in [0.717, 1.165) is 23.9 Å². The Labute approximate surface area is 138 Å². The second-order valence-electron chi connectivity index (χ2n) is 5.93. The van der Waals surface area contributed by atoms with Crippen molar-refractivity contribution >= 4 is 17.0 Å². The fourth-order valence-corrected chi connectivity index (χ4v) is 3.16. The maximum atomic E-state index is 11.6. The van der Waals surface area contributed by atoms with E-state index in [0.29, 0.717) is 23.8 Å². The van der Waals surface area contributed by atoms with E-state index >= 15 is 0 Å². The van der Waals surface area contributed by atoms with Crippen molar-refractivity contribution in [3.8, 4) is 11.5 Å². The van der Waals surface area contributed by atoms with Crippen LogP contribution in [0.3, 0.4) is 0 Å². The van der Waals surface area contributed by atoms with E-state index in [1.807, 2.05) is 24.3 Å². The molecule has 2 atom stereocenters. The molecule has 2 heterocycles. The molecule has 0 aliphatic heterocycles. The normalized spacial score (nSPS) is 20.4. The largest absolute Gasteiger partial charge is 0.469 e. The van der Waals surface area contributed by atoms with Crippen molar-refractivity contribution in [1.82, 2.24) is 20.1 Å². The Morgan fingerprint density at radius 3 is 2.88 bits per heavy atom. The van der Waals surface area contributed by atoms with E-state index in [9.17, 15) is 4.79 Å². The summed E-state index contributed by atoms with van der Waals surface area (Å²) < 4.78 is 10.2. The van der Waals surface area contributed by atoms with Crippen molar-refractivity contribution in [2.24, 2.45) is 5.92 Å². The lowest BCUT2D eigenvalue weighted by molar-refractivity contribution is -0.145. The lowest BCUT2D eigenvalue weighted by Crippen LogP contribution is -2.12. The quantitative estimate of drug-likeness (QED) is 0.684. The second-order valence-corrected chi connectivity index (χ2v) is 5.93. The Morgan fingerprint density at radius 1 is 1.21 bits per heavy atom. The van der Waals surface area contributed by atoms with Crippen molar-refractivity contribution in [2.45, 2.75) is 25.2 Å². The van der Waals surface area contributed by atoms with Crippen LogP contribution in [0.15, 0.2) is 35.0 Å². The van der Waals surface area contributed by atoms with Crippen LogP contribution in [-0.2, 0) is 9.53 Å². The number of carbonyl (C=O) groups excluding carboxylic acids is 1. The van der Waals surface area contributed by atoms with Gasteiger partial charge in [-0.2, -0.15) is 4.98 Å². The molecule has 2 unspecified atom stereocenters. The summed E-state index contributed by atoms with van der Waals surface area (Å²) in [4.78, 5) is 25.0. The summed E-state index contributed by atoms with van der Waals surface area (Å²) in [5, 5.41) is 4.02. The van der Waals surface area contributed by atoms with Crippen LogP contribution in [0.4, 0.5) is 0 Å². The highest BCUT2D eigenvalue weighted by molar-refractivity contribution is 5.75. The molecule has 122 valence electrons. The zero-order valence-corrected chi connectivity index (χ0v) is 13.2. The van der Waals surface area contributed by atoms with Crippen molar-refractivity contribution in [3.05, 3.63) is 36.4 Å². The highest BCUT2D eigenvalue weighted by atomic mass is 16.5. The molecule has 2 aromatic heterocycles. The molecule has 0 saturated heterocycles. The van der Waals surface area contributed by atoms with Crippen LogP contribution in [-0.4, -0.2) is 33.2 Å². The number of hydrogen-bond acceptors (Lipinski definition) is 7. The Balaban J connectivity index is 1.57. The first-order chi connectivity index (χ1) is 11.7. The van der Waals surface area contributed by atoms with E-state index in [1.54, 1.807) is 6.20 Å². The van der Waals surface area contributed by atoms with Gasteiger partial charge in [0, 0.05) is 5.92 Å². The molecular weight excluding hydrogens is 308 g/mol. The Bertz CT molecular complexity index is 892. The number of hydrogen-bond donors (Lipinski definition) is 0. The number of methoxy groups -OCH3 is 1. The van der Waals surface area contributed by atoms with Crippen molar-refractivity contribution < 1.29 is 14.1 Å². The molecule has 24 heavy (non-hydrogen) atoms. The van der Waals surface area contributed by atoms with Crippen LogP contribution in [0, 0.1) is 5.92 Å². The van der Waals surface area contributed by atoms with Crippen molar-refractivity contribution in [3.63, 3.8) is 0 Å². The fourth-order valence-electron chi connectivity index (χ4n) is 3.16. The van der Waals surface area contributed by atoms with E-state index in [4.69, 9.17) is 9.26 Å². The van der Waals surface area contributed by atoms with Gasteiger partial charge < -0.3 is 9.26 Å². The SMILES string of the molecule is COC(=O)C1CCC(c2nc(-c3cnc4ccccc4n3)no2)C1. The number of esters is 1. The maximum absolute atomic E-state index is 11.6. The van der Waals surface area contributed by atoms with Crippen molar-refractivity contribution in [2.75, 3.05) is 7.11 Å². The number of aromatic nitrogens is 4. The molecule has 1 aliphatic carbocycles. The summed E-state index contributed by atoms with van der Waals surface area (Å²) in [5.74, 6) is 0.799. The van der Waals surface area contributed by atoms with E-state index in [-0.39, 0.29) is 17.8 Å². The molecule has 1 aliphatic rings. The van der Waals surface area contributed by atoms with Crippen LogP contribution in [0.2, 0.25) is 0 Å². The first-order valence-corrected chi connectivity index (χ1v) is 7.88. The van der Waals surface area contributed by atoms with Gasteiger partial charge in [0.2, 0.25) is 11.7 Å². The summed E-state index contributed by atoms with van der Waals surface area (Å²) in [6, 6.07) is 7.62. The summed E-state index contributed by atoms with van der Waals surface area (Å²) >= 11 is 0. The lowest BCUT2D eigenvalue weighted by atomic mass is 10.1. The predicted octanol–water partition coefficient (Wildman–Crippen LogP) is 2.74. The molecule has 1 aromatic carbocycles. The molecule has 4 rings (SSSR count). The Morgan fingerprint density at radius 2 is 2.04 bits per heavy atom. The van der Waals surface area contributed by atoms with Gasteiger partial charge in [-0.15, -0.1) is 0 Å². The molecular formula is C17H16N4O3. The molecule has 0 radical (unpaired) electrons. The molecule has 0 amide bonds. The number of rotatable bonds is 3. The van der Waals surface area contributed by atoms with E-state index in [1.165, 1.54) is 7.11 Å². The minimum Gasteiger partial charge on any atom is -0.469 e. The second kappa shape index (κ2) is 5.99. The maximum Gasteiger partial charge on any atom is 0.308 e. The van der Waals surface area contributed by atoms with Gasteiger partial charge in [-0.3, -0.25) is 9.78 Å². The van der Waals surface area contributed by atoms with Gasteiger partial charge in [-0.05, 0) is 31.4 Å². The first-order valence-electron chi connectivity index (χ1n) is 7.88. The fraction of sp³-hybridized carbons (Fsp3) is 0.353. The van der Waals surface area contributed by atoms with Crippen LogP contribution in [0.5, 0.6) is 0 Å². The van der Waals surface area contributed by atoms with Gasteiger partial charge in [-0.25, -0.2) is 4.98 Å². The Kier molecular flexibility index (Phi) is 3.68. The lowest BCUT2D eigenvalue weighted by Gasteiger charge is -2.05. The third-order valence-corrected chi connectivity index (χ3v) is 4.44. The molecule has 0 bridgehead atoms. The smallest absolute Gasteiger partial charge is 0.308 e. The standard InChI is InChI=1S/C17H16N4O3/c1-23-17(22)11-7-6-10(8-11)16-20-15(21-24-16)14-9-18-12-4-2-3-5-13(12)19-14/h2-5,9-11H,6-8H2,1H3. The van der Waals surface area contributed by atoms with Crippen LogP contribution in [0.1, 0.15) is 31.1 Å². The number of para-hydroxylation sites is 2. The van der Waals surface area contributed by atoms with Gasteiger partial charge in [-0.1, -0.05) is 17.3 Å². The van der Waals surface area contributed by atoms with Gasteiger partial charge in [0.25, 0.3) is 0 Å². The van der Waals surface area contributed by atoms with Gasteiger partial charge >= 0.3 is 5.97 Å². The molecule has 1 saturated carbocycles. The summed E-state index contributed by atoms with van der Waals surface area (Å²) in [6.07, 6.45) is 3.94. The highest BCUT2D eigenvalue weighted by Crippen LogP contribution is 2.38. The molecule has 7 heteroatoms. The summed E-state index contributed by atoms with van der Waals surface area (Å²) in [7, 11) is 1.42. The molecule has 1 fully saturated rings. The van der Waals surface area contributed by atoms with Crippen LogP contribution < -0.4 is 0 Å². The monoisotopic (exact) mass is 324 g/mol. The molecule has 3 aromatic rings. The van der Waals surface area contributed by atoms with Gasteiger partial charge in [0.05, 0.1) is 30.3 Å². The number of fused-ring (bicyclic) bond motifs is 1. The van der Waals surface area contributed by atoms with Gasteiger partial charge in [0.1, 0.15) is 5.69 Å². The summed E-state index contributed by atoms with van der Waals surface area (Å²) in [5.41, 5.74) is 2.18. The Hall–Kier alpha value is -2.83. The van der Waals surface area contributed by atoms with Crippen LogP contribution in [0.25, 0.3) is 22.6 Å². The van der Waals surface area contributed by atoms with E-state index in [2.05, 4.69) is 20.1 Å². The highest BCUT2D eigenvalue weighted by Gasteiger charge is 2.34. The minimum atomic E-state index is -0.169. The average Bonchev–Trinajstić information content (AvgIpc) is 3.30. The molecule has 7 nitrogen and oxygen atoms in total. The van der Waals surface area contributed by atoms with Crippen LogP contribution >= 0.6 is 0 Å². The third-order valence-electron chi connectivity index (χ3n) is 4.44. The average molecular weight is 324 g/mol. The number of carbonyl (C=O) groups is 1. The topological polar surface area (TPSA) is 91.0 Å². The number of ether oxygens (including phenoxy) is 1. The zero-order valence-electron chi connectivity index (χ0n) is 13.2. The molecule has 0 N–H and O–H groups in total. The van der Waals surface area contributed by atoms with Crippen molar-refractivity contribution in [1.29, 1.82) is 0 Å². The predicted molar refractivity (Wildman–Crippen MR) is 84.9 cm³/mol. The van der Waals surface area contributed by atoms with Gasteiger partial charge in [0.15, 0.2) is 0 Å². The third kappa shape index (κ3) is 2.62. The first kappa shape index (κ1) is 14.7. The minimum absolute atomic E-state index is 0.0868. The number of benzene rings is 1.